The molecule has 3 heteroatoms. The van der Waals surface area contributed by atoms with Gasteiger partial charge in [-0.05, 0) is 84.9 Å². The third-order valence-electron chi connectivity index (χ3n) is 13.1. The minimum Gasteiger partial charge on any atom is -0.472 e. The molecule has 2 aliphatic carbocycles. The van der Waals surface area contributed by atoms with Crippen LogP contribution in [0, 0.1) is 0 Å². The second-order valence-corrected chi connectivity index (χ2v) is 16.6. The van der Waals surface area contributed by atoms with E-state index in [1.165, 1.54) is 71.9 Å². The number of ether oxygens (including phenoxy) is 2. The Morgan fingerprint density at radius 2 is 1.24 bits per heavy atom. The van der Waals surface area contributed by atoms with E-state index in [0.717, 1.165) is 48.6 Å². The lowest BCUT2D eigenvalue weighted by Gasteiger charge is -2.39. The molecule has 2 aliphatic heterocycles. The lowest BCUT2D eigenvalue weighted by atomic mass is 9.76. The molecule has 1 saturated heterocycles. The van der Waals surface area contributed by atoms with Crippen molar-refractivity contribution in [2.24, 2.45) is 0 Å². The zero-order valence-electron chi connectivity index (χ0n) is 31.4. The van der Waals surface area contributed by atoms with Crippen LogP contribution in [0.1, 0.15) is 66.6 Å². The molecule has 11 rings (SSSR count). The second-order valence-electron chi connectivity index (χ2n) is 16.6. The molecule has 0 N–H and O–H groups in total. The molecule has 4 aliphatic rings. The van der Waals surface area contributed by atoms with Crippen LogP contribution in [-0.4, -0.2) is 26.3 Å². The smallest absolute Gasteiger partial charge is 0.178 e. The molecule has 2 heterocycles. The number of rotatable bonds is 3. The molecule has 1 atom stereocenters. The van der Waals surface area contributed by atoms with Gasteiger partial charge in [0.15, 0.2) is 5.60 Å². The molecule has 7 aromatic rings. The second kappa shape index (κ2) is 11.2. The molecule has 1 unspecified atom stereocenters. The molecule has 264 valence electrons. The van der Waals surface area contributed by atoms with E-state index in [9.17, 15) is 0 Å². The fourth-order valence-corrected chi connectivity index (χ4v) is 10.4. The minimum absolute atomic E-state index is 0.175. The summed E-state index contributed by atoms with van der Waals surface area (Å²) in [7, 11) is 0. The van der Waals surface area contributed by atoms with Crippen molar-refractivity contribution in [3.8, 4) is 28.0 Å². The first-order chi connectivity index (χ1) is 26.3. The van der Waals surface area contributed by atoms with E-state index in [-0.39, 0.29) is 10.8 Å². The highest BCUT2D eigenvalue weighted by Crippen LogP contribution is 2.59. The summed E-state index contributed by atoms with van der Waals surface area (Å²) in [5.74, 6) is 0.957. The quantitative estimate of drug-likeness (QED) is 0.183. The molecular weight excluding hydrogens is 659 g/mol. The summed E-state index contributed by atoms with van der Waals surface area (Å²) >= 11 is 0. The number of hydrogen-bond acceptors (Lipinski definition) is 3. The van der Waals surface area contributed by atoms with Crippen molar-refractivity contribution in [1.29, 1.82) is 0 Å². The maximum Gasteiger partial charge on any atom is 0.178 e. The van der Waals surface area contributed by atoms with Crippen LogP contribution in [0.5, 0.6) is 5.75 Å². The van der Waals surface area contributed by atoms with Gasteiger partial charge in [-0.1, -0.05) is 143 Å². The highest BCUT2D eigenvalue weighted by Gasteiger charge is 2.45. The van der Waals surface area contributed by atoms with Gasteiger partial charge in [-0.25, -0.2) is 0 Å². The third-order valence-corrected chi connectivity index (χ3v) is 13.1. The van der Waals surface area contributed by atoms with Crippen molar-refractivity contribution in [1.82, 2.24) is 0 Å². The molecular formula is C51H43NO2. The highest BCUT2D eigenvalue weighted by molar-refractivity contribution is 6.08. The maximum absolute atomic E-state index is 7.76. The highest BCUT2D eigenvalue weighted by atomic mass is 16.5. The summed E-state index contributed by atoms with van der Waals surface area (Å²) in [6, 6.07) is 47.5. The van der Waals surface area contributed by atoms with E-state index in [2.05, 4.69) is 172 Å². The summed E-state index contributed by atoms with van der Waals surface area (Å²) in [4.78, 5) is 2.42. The Bertz CT molecular complexity index is 2730. The van der Waals surface area contributed by atoms with Crippen LogP contribution in [0.15, 0.2) is 133 Å². The summed E-state index contributed by atoms with van der Waals surface area (Å²) in [6.45, 7) is 12.8. The zero-order chi connectivity index (χ0) is 36.4. The largest absolute Gasteiger partial charge is 0.472 e. The average molecular weight is 702 g/mol. The topological polar surface area (TPSA) is 21.7 Å². The van der Waals surface area contributed by atoms with Gasteiger partial charge in [0.25, 0.3) is 0 Å². The lowest BCUT2D eigenvalue weighted by molar-refractivity contribution is 0.122. The zero-order valence-corrected chi connectivity index (χ0v) is 31.4. The molecule has 0 saturated carbocycles. The van der Waals surface area contributed by atoms with E-state index >= 15 is 0 Å². The van der Waals surface area contributed by atoms with Gasteiger partial charge in [0.05, 0.1) is 13.2 Å². The predicted octanol–water partition coefficient (Wildman–Crippen LogP) is 11.8. The van der Waals surface area contributed by atoms with Gasteiger partial charge in [-0.15, -0.1) is 0 Å². The number of benzene rings is 7. The van der Waals surface area contributed by atoms with E-state index in [1.807, 2.05) is 0 Å². The SMILES string of the molecule is CC1(C)c2cc(C3(c4ccc(N5CCOCC5)cc4)C=Cc4c5c(c6ccccc6c4O3)-c3ccccc3C5(C)C)ccc2-c2c1ccc1ccccc21. The standard InChI is InChI=1S/C51H43NO2/c1-49(2)43-24-17-32-11-5-6-12-36(32)45(43)40-23-20-34(31-44(40)49)51(33-18-21-35(22-19-33)52-27-29-53-30-28-52)26-25-41-47-46(37-13-7-8-14-38(37)48(41)54-51)39-15-9-10-16-42(39)50(47,3)4/h5-26,31H,27-30H2,1-4H3. The van der Waals surface area contributed by atoms with E-state index in [4.69, 9.17) is 9.47 Å². The van der Waals surface area contributed by atoms with Gasteiger partial charge in [0, 0.05) is 51.7 Å². The Hall–Kier alpha value is -5.64. The summed E-state index contributed by atoms with van der Waals surface area (Å²) in [6.07, 6.45) is 4.73. The number of hydrogen-bond donors (Lipinski definition) is 0. The first kappa shape index (κ1) is 31.8. The summed E-state index contributed by atoms with van der Waals surface area (Å²) in [5, 5.41) is 4.99. The van der Waals surface area contributed by atoms with Gasteiger partial charge < -0.3 is 14.4 Å². The fraction of sp³-hybridized carbons (Fsp3) is 0.216. The number of anilines is 1. The molecule has 0 amide bonds. The molecule has 1 fully saturated rings. The maximum atomic E-state index is 7.76. The molecule has 0 spiro atoms. The van der Waals surface area contributed by atoms with Crippen LogP contribution in [0.3, 0.4) is 0 Å². The monoisotopic (exact) mass is 701 g/mol. The predicted molar refractivity (Wildman–Crippen MR) is 223 cm³/mol. The van der Waals surface area contributed by atoms with Gasteiger partial charge >= 0.3 is 0 Å². The van der Waals surface area contributed by atoms with E-state index in [1.54, 1.807) is 0 Å². The Morgan fingerprint density at radius 1 is 0.556 bits per heavy atom. The van der Waals surface area contributed by atoms with Gasteiger partial charge in [0.2, 0.25) is 0 Å². The normalized spacial score (nSPS) is 19.9. The number of morpholine rings is 1. The van der Waals surface area contributed by atoms with Crippen molar-refractivity contribution >= 4 is 33.3 Å². The van der Waals surface area contributed by atoms with Gasteiger partial charge in [-0.3, -0.25) is 0 Å². The Labute approximate surface area is 317 Å². The third kappa shape index (κ3) is 4.22. The fourth-order valence-electron chi connectivity index (χ4n) is 10.4. The van der Waals surface area contributed by atoms with Crippen LogP contribution in [0.4, 0.5) is 5.69 Å². The van der Waals surface area contributed by atoms with Crippen LogP contribution >= 0.6 is 0 Å². The van der Waals surface area contributed by atoms with Crippen molar-refractivity contribution in [3.05, 3.63) is 172 Å². The number of fused-ring (bicyclic) bond motifs is 13. The van der Waals surface area contributed by atoms with Crippen LogP contribution in [0.25, 0.3) is 49.9 Å². The minimum atomic E-state index is -0.856. The molecule has 7 aromatic carbocycles. The summed E-state index contributed by atoms with van der Waals surface area (Å²) in [5.41, 5.74) is 14.2. The molecule has 0 bridgehead atoms. The van der Waals surface area contributed by atoms with Crippen molar-refractivity contribution in [3.63, 3.8) is 0 Å². The van der Waals surface area contributed by atoms with Crippen molar-refractivity contribution in [2.45, 2.75) is 44.1 Å². The average Bonchev–Trinajstić information content (AvgIpc) is 3.61. The van der Waals surface area contributed by atoms with E-state index in [0.29, 0.717) is 0 Å². The Morgan fingerprint density at radius 3 is 2.06 bits per heavy atom. The first-order valence-electron chi connectivity index (χ1n) is 19.5. The summed E-state index contributed by atoms with van der Waals surface area (Å²) < 4.78 is 13.4. The van der Waals surface area contributed by atoms with Crippen LogP contribution in [-0.2, 0) is 21.2 Å². The Balaban J connectivity index is 1.15. The molecule has 0 aromatic heterocycles. The van der Waals surface area contributed by atoms with Crippen molar-refractivity contribution in [2.75, 3.05) is 31.2 Å². The Kier molecular flexibility index (Phi) is 6.60. The van der Waals surface area contributed by atoms with Crippen LogP contribution in [0.2, 0.25) is 0 Å². The number of nitrogens with zero attached hydrogens (tertiary/aromatic N) is 1. The molecule has 3 nitrogen and oxygen atoms in total. The molecule has 54 heavy (non-hydrogen) atoms. The first-order valence-corrected chi connectivity index (χ1v) is 19.5. The van der Waals surface area contributed by atoms with Crippen LogP contribution < -0.4 is 9.64 Å². The van der Waals surface area contributed by atoms with Crippen molar-refractivity contribution < 1.29 is 9.47 Å². The lowest BCUT2D eigenvalue weighted by Crippen LogP contribution is -2.37. The van der Waals surface area contributed by atoms with E-state index < -0.39 is 5.60 Å². The van der Waals surface area contributed by atoms with Gasteiger partial charge in [-0.2, -0.15) is 0 Å². The molecule has 0 radical (unpaired) electrons. The van der Waals surface area contributed by atoms with Gasteiger partial charge in [0.1, 0.15) is 5.75 Å².